The molecule has 5 rings (SSSR count). The van der Waals surface area contributed by atoms with E-state index in [1.807, 2.05) is 0 Å². The van der Waals surface area contributed by atoms with Crippen molar-refractivity contribution in [3.05, 3.63) is 45.6 Å². The summed E-state index contributed by atoms with van der Waals surface area (Å²) >= 11 is 1.66. The maximum Gasteiger partial charge on any atom is 0.338 e. The van der Waals surface area contributed by atoms with Gasteiger partial charge in [-0.05, 0) is 61.4 Å². The number of carbonyl (C=O) groups is 1. The third kappa shape index (κ3) is 3.81. The Labute approximate surface area is 190 Å². The summed E-state index contributed by atoms with van der Waals surface area (Å²) in [5.41, 5.74) is 9.34. The van der Waals surface area contributed by atoms with Gasteiger partial charge in [0.2, 0.25) is 10.0 Å². The van der Waals surface area contributed by atoms with Crippen LogP contribution in [-0.2, 0) is 40.6 Å². The minimum Gasteiger partial charge on any atom is -0.454 e. The second-order valence-corrected chi connectivity index (χ2v) is 11.3. The molecule has 2 aromatic heterocycles. The summed E-state index contributed by atoms with van der Waals surface area (Å²) in [6.07, 6.45) is 7.36. The van der Waals surface area contributed by atoms with Gasteiger partial charge in [0.15, 0.2) is 12.4 Å². The van der Waals surface area contributed by atoms with Gasteiger partial charge in [-0.3, -0.25) is 4.31 Å². The highest BCUT2D eigenvalue weighted by Crippen LogP contribution is 2.37. The maximum absolute atomic E-state index is 12.6. The van der Waals surface area contributed by atoms with Gasteiger partial charge in [0.1, 0.15) is 10.6 Å². The van der Waals surface area contributed by atoms with Crippen molar-refractivity contribution in [1.29, 1.82) is 0 Å². The van der Waals surface area contributed by atoms with Crippen molar-refractivity contribution in [2.75, 3.05) is 22.8 Å². The van der Waals surface area contributed by atoms with Crippen LogP contribution in [-0.4, -0.2) is 37.2 Å². The fraction of sp³-hybridized carbons (Fsp3) is 0.409. The van der Waals surface area contributed by atoms with E-state index in [-0.39, 0.29) is 6.61 Å². The fourth-order valence-electron chi connectivity index (χ4n) is 4.53. The number of carbonyl (C=O) groups excluding carboxylic acids is 1. The molecule has 0 saturated carbocycles. The first-order chi connectivity index (χ1) is 15.3. The quantitative estimate of drug-likeness (QED) is 0.458. The van der Waals surface area contributed by atoms with Crippen molar-refractivity contribution in [3.63, 3.8) is 0 Å². The van der Waals surface area contributed by atoms with Crippen molar-refractivity contribution >= 4 is 49.1 Å². The molecule has 1 aromatic carbocycles. The summed E-state index contributed by atoms with van der Waals surface area (Å²) in [5, 5.41) is 0.955. The van der Waals surface area contributed by atoms with Gasteiger partial charge in [-0.1, -0.05) is 6.42 Å². The number of ether oxygens (including phenoxy) is 1. The van der Waals surface area contributed by atoms with E-state index in [0.29, 0.717) is 35.9 Å². The van der Waals surface area contributed by atoms with Crippen LogP contribution in [0.1, 0.15) is 51.4 Å². The number of esters is 1. The number of aromatic nitrogens is 2. The number of hydrogen-bond acceptors (Lipinski definition) is 8. The number of hydrogen-bond donors (Lipinski definition) is 1. The molecule has 0 amide bonds. The van der Waals surface area contributed by atoms with E-state index >= 15 is 0 Å². The number of sulfonamides is 1. The molecule has 0 saturated heterocycles. The van der Waals surface area contributed by atoms with Crippen LogP contribution in [0.3, 0.4) is 0 Å². The first kappa shape index (κ1) is 21.1. The number of benzene rings is 1. The zero-order valence-corrected chi connectivity index (χ0v) is 19.4. The Kier molecular flexibility index (Phi) is 5.29. The number of nitrogens with two attached hydrogens (primary N) is 1. The minimum absolute atomic E-state index is 0.0753. The van der Waals surface area contributed by atoms with Crippen LogP contribution in [0.5, 0.6) is 0 Å². The van der Waals surface area contributed by atoms with Crippen LogP contribution in [0, 0.1) is 0 Å². The molecule has 32 heavy (non-hydrogen) atoms. The summed E-state index contributed by atoms with van der Waals surface area (Å²) in [6, 6.07) is 4.93. The lowest BCUT2D eigenvalue weighted by Crippen LogP contribution is -2.27. The van der Waals surface area contributed by atoms with Crippen molar-refractivity contribution in [3.8, 4) is 0 Å². The van der Waals surface area contributed by atoms with Gasteiger partial charge >= 0.3 is 5.97 Å². The molecule has 168 valence electrons. The molecule has 0 atom stereocenters. The lowest BCUT2D eigenvalue weighted by Gasteiger charge is -2.16. The predicted molar refractivity (Wildman–Crippen MR) is 125 cm³/mol. The van der Waals surface area contributed by atoms with Gasteiger partial charge in [-0.15, -0.1) is 11.3 Å². The number of nitrogens with zero attached hydrogens (tertiary/aromatic N) is 3. The number of aryl methyl sites for hydroxylation is 2. The topological polar surface area (TPSA) is 115 Å². The lowest BCUT2D eigenvalue weighted by molar-refractivity contribution is 0.0462. The van der Waals surface area contributed by atoms with Crippen molar-refractivity contribution in [2.24, 2.45) is 0 Å². The molecule has 8 nitrogen and oxygen atoms in total. The van der Waals surface area contributed by atoms with Gasteiger partial charge in [0, 0.05) is 11.4 Å². The van der Waals surface area contributed by atoms with E-state index in [9.17, 15) is 13.2 Å². The Morgan fingerprint density at radius 1 is 1.19 bits per heavy atom. The second kappa shape index (κ2) is 8.00. The van der Waals surface area contributed by atoms with Gasteiger partial charge < -0.3 is 10.5 Å². The van der Waals surface area contributed by atoms with Crippen molar-refractivity contribution < 1.29 is 17.9 Å². The molecule has 1 aliphatic carbocycles. The number of thiophene rings is 1. The van der Waals surface area contributed by atoms with E-state index in [0.717, 1.165) is 35.0 Å². The molecule has 3 heterocycles. The van der Waals surface area contributed by atoms with E-state index in [4.69, 9.17) is 10.5 Å². The Balaban J connectivity index is 1.33. The van der Waals surface area contributed by atoms with Crippen LogP contribution in [0.2, 0.25) is 0 Å². The molecule has 10 heteroatoms. The number of fused-ring (bicyclic) bond motifs is 4. The first-order valence-electron chi connectivity index (χ1n) is 10.7. The smallest absolute Gasteiger partial charge is 0.338 e. The van der Waals surface area contributed by atoms with E-state index < -0.39 is 16.0 Å². The van der Waals surface area contributed by atoms with E-state index in [1.165, 1.54) is 33.8 Å². The third-order valence-electron chi connectivity index (χ3n) is 6.04. The highest BCUT2D eigenvalue weighted by molar-refractivity contribution is 7.92. The summed E-state index contributed by atoms with van der Waals surface area (Å²) in [6.45, 7) is 0.304. The molecule has 2 N–H and O–H groups in total. The zero-order valence-electron chi connectivity index (χ0n) is 17.8. The average Bonchev–Trinajstić information content (AvgIpc) is 3.26. The third-order valence-corrected chi connectivity index (χ3v) is 8.41. The van der Waals surface area contributed by atoms with Gasteiger partial charge in [-0.25, -0.2) is 23.2 Å². The average molecular weight is 473 g/mol. The molecule has 0 unspecified atom stereocenters. The molecule has 0 bridgehead atoms. The molecular weight excluding hydrogens is 448 g/mol. The Bertz CT molecular complexity index is 1330. The van der Waals surface area contributed by atoms with Gasteiger partial charge in [0.05, 0.1) is 22.9 Å². The van der Waals surface area contributed by atoms with Crippen LogP contribution in [0.25, 0.3) is 10.2 Å². The largest absolute Gasteiger partial charge is 0.454 e. The van der Waals surface area contributed by atoms with Crippen LogP contribution >= 0.6 is 11.3 Å². The standard InChI is InChI=1S/C22H24N4O4S2/c1-32(28,29)26-10-9-13-11-14(7-8-16(13)26)22(27)30-12-18-24-20(23)19-15-5-3-2-4-6-17(15)31-21(19)25-18/h7-8,11H,2-6,9-10,12H2,1H3,(H2,23,24,25). The second-order valence-electron chi connectivity index (χ2n) is 8.27. The number of anilines is 2. The Hall–Kier alpha value is -2.72. The molecule has 0 radical (unpaired) electrons. The normalized spacial score (nSPS) is 16.0. The number of rotatable bonds is 4. The zero-order chi connectivity index (χ0) is 22.5. The van der Waals surface area contributed by atoms with Crippen LogP contribution < -0.4 is 10.0 Å². The minimum atomic E-state index is -3.33. The number of nitrogen functional groups attached to an aromatic ring is 1. The summed E-state index contributed by atoms with van der Waals surface area (Å²) in [5.74, 6) is 0.317. The first-order valence-corrected chi connectivity index (χ1v) is 13.3. The van der Waals surface area contributed by atoms with Crippen LogP contribution in [0.15, 0.2) is 18.2 Å². The molecule has 2 aliphatic rings. The predicted octanol–water partition coefficient (Wildman–Crippen LogP) is 3.22. The summed E-state index contributed by atoms with van der Waals surface area (Å²) < 4.78 is 30.6. The highest BCUT2D eigenvalue weighted by Gasteiger charge is 2.27. The van der Waals surface area contributed by atoms with Crippen molar-refractivity contribution in [1.82, 2.24) is 9.97 Å². The van der Waals surface area contributed by atoms with Gasteiger partial charge in [0.25, 0.3) is 0 Å². The molecule has 0 fully saturated rings. The van der Waals surface area contributed by atoms with Gasteiger partial charge in [-0.2, -0.15) is 0 Å². The maximum atomic E-state index is 12.6. The summed E-state index contributed by atoms with van der Waals surface area (Å²) in [4.78, 5) is 23.8. The Morgan fingerprint density at radius 3 is 2.81 bits per heavy atom. The molecule has 3 aromatic rings. The van der Waals surface area contributed by atoms with Crippen molar-refractivity contribution in [2.45, 2.75) is 45.1 Å². The van der Waals surface area contributed by atoms with E-state index in [1.54, 1.807) is 29.5 Å². The Morgan fingerprint density at radius 2 is 2.00 bits per heavy atom. The molecule has 1 aliphatic heterocycles. The SMILES string of the molecule is CS(=O)(=O)N1CCc2cc(C(=O)OCc3nc(N)c4c5c(sc4n3)CCCCC5)ccc21. The van der Waals surface area contributed by atoms with E-state index in [2.05, 4.69) is 9.97 Å². The fourth-order valence-corrected chi connectivity index (χ4v) is 6.78. The van der Waals surface area contributed by atoms with Crippen LogP contribution in [0.4, 0.5) is 11.5 Å². The highest BCUT2D eigenvalue weighted by atomic mass is 32.2. The molecule has 0 spiro atoms. The molecular formula is C22H24N4O4S2. The lowest BCUT2D eigenvalue weighted by atomic mass is 10.1. The summed E-state index contributed by atoms with van der Waals surface area (Å²) in [7, 11) is -3.33. The monoisotopic (exact) mass is 472 g/mol.